The molecule has 140 valence electrons. The average molecular weight is 373 g/mol. The summed E-state index contributed by atoms with van der Waals surface area (Å²) in [6.07, 6.45) is 0.0560. The number of nitrogens with one attached hydrogen (secondary N) is 2. The highest BCUT2D eigenvalue weighted by Crippen LogP contribution is 2.27. The summed E-state index contributed by atoms with van der Waals surface area (Å²) in [6.45, 7) is 1.62. The third-order valence-electron chi connectivity index (χ3n) is 5.01. The molecule has 0 saturated carbocycles. The number of carbonyl (C=O) groups excluding carboxylic acids is 3. The van der Waals surface area contributed by atoms with E-state index in [4.69, 9.17) is 0 Å². The van der Waals surface area contributed by atoms with E-state index in [1.807, 2.05) is 48.5 Å². The fourth-order valence-corrected chi connectivity index (χ4v) is 3.49. The van der Waals surface area contributed by atoms with E-state index < -0.39 is 23.4 Å². The lowest BCUT2D eigenvalue weighted by molar-refractivity contribution is -0.138. The summed E-state index contributed by atoms with van der Waals surface area (Å²) in [7, 11) is 0. The number of carbonyl (C=O) groups is 3. The van der Waals surface area contributed by atoms with Crippen molar-refractivity contribution in [1.82, 2.24) is 15.8 Å². The highest BCUT2D eigenvalue weighted by atomic mass is 16.2. The van der Waals surface area contributed by atoms with Gasteiger partial charge in [0.2, 0.25) is 5.91 Å². The predicted octanol–water partition coefficient (Wildman–Crippen LogP) is 2.88. The third-order valence-corrected chi connectivity index (χ3v) is 5.01. The first-order valence-corrected chi connectivity index (χ1v) is 8.97. The van der Waals surface area contributed by atoms with Crippen LogP contribution in [-0.2, 0) is 21.5 Å². The number of hydrazine groups is 1. The van der Waals surface area contributed by atoms with Crippen LogP contribution in [-0.4, -0.2) is 22.9 Å². The van der Waals surface area contributed by atoms with Gasteiger partial charge in [-0.15, -0.1) is 0 Å². The van der Waals surface area contributed by atoms with E-state index in [0.717, 1.165) is 21.3 Å². The van der Waals surface area contributed by atoms with Crippen LogP contribution in [0.15, 0.2) is 72.8 Å². The van der Waals surface area contributed by atoms with E-state index in [2.05, 4.69) is 10.7 Å². The van der Waals surface area contributed by atoms with Gasteiger partial charge in [-0.2, -0.15) is 5.01 Å². The molecule has 1 heterocycles. The second-order valence-corrected chi connectivity index (χ2v) is 6.91. The minimum absolute atomic E-state index is 0.0560. The lowest BCUT2D eigenvalue weighted by Gasteiger charge is -2.22. The maximum atomic E-state index is 12.9. The zero-order chi connectivity index (χ0) is 19.7. The molecule has 6 heteroatoms. The van der Waals surface area contributed by atoms with Gasteiger partial charge in [-0.1, -0.05) is 72.8 Å². The number of urea groups is 1. The van der Waals surface area contributed by atoms with Crippen molar-refractivity contribution in [2.24, 2.45) is 0 Å². The highest BCUT2D eigenvalue weighted by molar-refractivity contribution is 6.08. The van der Waals surface area contributed by atoms with Crippen LogP contribution in [0.3, 0.4) is 0 Å². The molecule has 28 heavy (non-hydrogen) atoms. The minimum Gasteiger partial charge on any atom is -0.318 e. The third kappa shape index (κ3) is 2.99. The second kappa shape index (κ2) is 6.81. The van der Waals surface area contributed by atoms with Gasteiger partial charge in [0.15, 0.2) is 0 Å². The molecule has 3 aromatic rings. The first kappa shape index (κ1) is 17.7. The number of amides is 4. The van der Waals surface area contributed by atoms with E-state index >= 15 is 0 Å². The molecule has 1 unspecified atom stereocenters. The topological polar surface area (TPSA) is 78.5 Å². The molecule has 2 N–H and O–H groups in total. The molecule has 0 radical (unpaired) electrons. The van der Waals surface area contributed by atoms with Crippen LogP contribution in [0.4, 0.5) is 4.79 Å². The Labute approximate surface area is 162 Å². The van der Waals surface area contributed by atoms with Crippen molar-refractivity contribution in [2.75, 3.05) is 0 Å². The molecule has 0 aliphatic carbocycles. The van der Waals surface area contributed by atoms with Crippen LogP contribution in [0.1, 0.15) is 18.1 Å². The highest BCUT2D eigenvalue weighted by Gasteiger charge is 2.49. The fourth-order valence-electron chi connectivity index (χ4n) is 3.49. The summed E-state index contributed by atoms with van der Waals surface area (Å²) < 4.78 is 0. The molecule has 4 rings (SSSR count). The first-order valence-electron chi connectivity index (χ1n) is 8.97. The maximum Gasteiger partial charge on any atom is 0.344 e. The second-order valence-electron chi connectivity index (χ2n) is 6.91. The molecule has 0 aromatic heterocycles. The van der Waals surface area contributed by atoms with Crippen molar-refractivity contribution in [3.63, 3.8) is 0 Å². The Hall–Kier alpha value is -3.67. The van der Waals surface area contributed by atoms with Crippen molar-refractivity contribution in [3.8, 4) is 0 Å². The molecule has 1 atom stereocenters. The molecular formula is C22H19N3O3. The Morgan fingerprint density at radius 3 is 2.43 bits per heavy atom. The molecule has 0 spiro atoms. The Morgan fingerprint density at radius 2 is 1.64 bits per heavy atom. The fraction of sp³-hybridized carbons (Fsp3) is 0.136. The number of hydrogen-bond acceptors (Lipinski definition) is 3. The lowest BCUT2D eigenvalue weighted by atomic mass is 9.92. The lowest BCUT2D eigenvalue weighted by Crippen LogP contribution is -2.48. The number of imide groups is 1. The Kier molecular flexibility index (Phi) is 4.31. The molecule has 0 bridgehead atoms. The Morgan fingerprint density at radius 1 is 0.964 bits per heavy atom. The van der Waals surface area contributed by atoms with Gasteiger partial charge in [-0.25, -0.2) is 4.79 Å². The zero-order valence-corrected chi connectivity index (χ0v) is 15.3. The average Bonchev–Trinajstić information content (AvgIpc) is 2.93. The Balaban J connectivity index is 1.53. The predicted molar refractivity (Wildman–Crippen MR) is 105 cm³/mol. The number of benzene rings is 3. The number of hydrogen-bond donors (Lipinski definition) is 2. The molecule has 6 nitrogen and oxygen atoms in total. The monoisotopic (exact) mass is 373 g/mol. The van der Waals surface area contributed by atoms with E-state index in [-0.39, 0.29) is 6.42 Å². The van der Waals surface area contributed by atoms with Gasteiger partial charge in [0.1, 0.15) is 5.54 Å². The van der Waals surface area contributed by atoms with Crippen molar-refractivity contribution < 1.29 is 14.4 Å². The van der Waals surface area contributed by atoms with Crippen molar-refractivity contribution in [3.05, 3.63) is 83.9 Å². The van der Waals surface area contributed by atoms with Crippen LogP contribution in [0.5, 0.6) is 0 Å². The van der Waals surface area contributed by atoms with E-state index in [0.29, 0.717) is 5.56 Å². The van der Waals surface area contributed by atoms with Gasteiger partial charge in [0.25, 0.3) is 5.91 Å². The SMILES string of the molecule is CC1(c2ccccc2)NC(=O)N(NC(=O)Cc2cccc3ccccc23)C1=O. The van der Waals surface area contributed by atoms with Gasteiger partial charge >= 0.3 is 6.03 Å². The van der Waals surface area contributed by atoms with Gasteiger partial charge in [-0.3, -0.25) is 15.0 Å². The van der Waals surface area contributed by atoms with Crippen molar-refractivity contribution in [2.45, 2.75) is 18.9 Å². The number of fused-ring (bicyclic) bond motifs is 1. The van der Waals surface area contributed by atoms with Crippen molar-refractivity contribution >= 4 is 28.6 Å². The first-order chi connectivity index (χ1) is 13.5. The summed E-state index contributed by atoms with van der Waals surface area (Å²) >= 11 is 0. The molecule has 1 fully saturated rings. The van der Waals surface area contributed by atoms with Gasteiger partial charge in [-0.05, 0) is 28.8 Å². The standard InChI is InChI=1S/C22H19N3O3/c1-22(17-11-3-2-4-12-17)20(27)25(21(28)23-22)24-19(26)14-16-10-7-9-15-8-5-6-13-18(15)16/h2-13H,14H2,1H3,(H,23,28)(H,24,26). The van der Waals surface area contributed by atoms with Crippen LogP contribution in [0.2, 0.25) is 0 Å². The molecule has 3 aromatic carbocycles. The van der Waals surface area contributed by atoms with Gasteiger partial charge in [0, 0.05) is 0 Å². The Bertz CT molecular complexity index is 1080. The molecule has 1 aliphatic heterocycles. The van der Waals surface area contributed by atoms with Crippen LogP contribution in [0, 0.1) is 0 Å². The summed E-state index contributed by atoms with van der Waals surface area (Å²) in [6, 6.07) is 21.8. The quantitative estimate of drug-likeness (QED) is 0.690. The molecule has 1 aliphatic rings. The van der Waals surface area contributed by atoms with Crippen LogP contribution in [0.25, 0.3) is 10.8 Å². The summed E-state index contributed by atoms with van der Waals surface area (Å²) in [5, 5.41) is 5.42. The van der Waals surface area contributed by atoms with Gasteiger partial charge < -0.3 is 5.32 Å². The van der Waals surface area contributed by atoms with Crippen LogP contribution >= 0.6 is 0 Å². The number of nitrogens with zero attached hydrogens (tertiary/aromatic N) is 1. The molecule has 4 amide bonds. The largest absolute Gasteiger partial charge is 0.344 e. The molecule has 1 saturated heterocycles. The van der Waals surface area contributed by atoms with E-state index in [1.54, 1.807) is 31.2 Å². The van der Waals surface area contributed by atoms with Gasteiger partial charge in [0.05, 0.1) is 6.42 Å². The van der Waals surface area contributed by atoms with E-state index in [1.165, 1.54) is 0 Å². The summed E-state index contributed by atoms with van der Waals surface area (Å²) in [5.74, 6) is -0.952. The summed E-state index contributed by atoms with van der Waals surface area (Å²) in [5.41, 5.74) is 2.71. The molecular weight excluding hydrogens is 354 g/mol. The minimum atomic E-state index is -1.22. The normalized spacial score (nSPS) is 19.0. The van der Waals surface area contributed by atoms with Crippen LogP contribution < -0.4 is 10.7 Å². The summed E-state index contributed by atoms with van der Waals surface area (Å²) in [4.78, 5) is 37.8. The smallest absolute Gasteiger partial charge is 0.318 e. The number of rotatable bonds is 4. The zero-order valence-electron chi connectivity index (χ0n) is 15.3. The maximum absolute atomic E-state index is 12.9. The van der Waals surface area contributed by atoms with E-state index in [9.17, 15) is 14.4 Å². The van der Waals surface area contributed by atoms with Crippen molar-refractivity contribution in [1.29, 1.82) is 0 Å².